The van der Waals surface area contributed by atoms with E-state index < -0.39 is 28.6 Å². The molecule has 248 valence electrons. The van der Waals surface area contributed by atoms with E-state index in [1.807, 2.05) is 18.2 Å². The second-order valence-corrected chi connectivity index (χ2v) is 13.2. The lowest BCUT2D eigenvalue weighted by Gasteiger charge is -2.33. The minimum Gasteiger partial charge on any atom is -0.382 e. The topological polar surface area (TPSA) is 85.9 Å². The van der Waals surface area contributed by atoms with Crippen LogP contribution < -0.4 is 10.5 Å². The summed E-state index contributed by atoms with van der Waals surface area (Å²) < 4.78 is 33.7. The van der Waals surface area contributed by atoms with Gasteiger partial charge in [0.2, 0.25) is 0 Å². The Hall–Kier alpha value is -2.83. The summed E-state index contributed by atoms with van der Waals surface area (Å²) in [5.74, 6) is -0.708. The zero-order valence-electron chi connectivity index (χ0n) is 25.8. The number of carbonyl (C=O) groups excluding carboxylic acids is 2. The fourth-order valence-corrected chi connectivity index (χ4v) is 6.87. The minimum absolute atomic E-state index is 0.0879. The third-order valence-electron chi connectivity index (χ3n) is 7.68. The molecule has 3 amide bonds. The Bertz CT molecular complexity index is 1630. The summed E-state index contributed by atoms with van der Waals surface area (Å²) in [6.45, 7) is 5.79. The van der Waals surface area contributed by atoms with Crippen molar-refractivity contribution in [2.24, 2.45) is 0 Å². The molecule has 0 radical (unpaired) electrons. The van der Waals surface area contributed by atoms with E-state index >= 15 is 0 Å². The van der Waals surface area contributed by atoms with Gasteiger partial charge in [-0.05, 0) is 59.5 Å². The van der Waals surface area contributed by atoms with Crippen molar-refractivity contribution in [3.8, 4) is 0 Å². The number of nitrogens with zero attached hydrogens (tertiary/aromatic N) is 3. The number of hydrogen-bond acceptors (Lipinski definition) is 5. The Balaban J connectivity index is 0.00000113. The Kier molecular flexibility index (Phi) is 12.0. The number of aromatic amines is 1. The SMILES string of the molecule is CCCC.COCC1c2cc(N3CCCN(C)C3=O)ccc2CN1C(=O)c1c(Sc2c(Cl)cccc2Cl)cc(C(F)(F)Cl)[nH]c1=O. The first-order valence-corrected chi connectivity index (χ1v) is 16.7. The highest BCUT2D eigenvalue weighted by molar-refractivity contribution is 7.99. The van der Waals surface area contributed by atoms with Crippen LogP contribution in [0.2, 0.25) is 10.0 Å². The number of anilines is 1. The molecule has 1 aromatic heterocycles. The number of benzene rings is 2. The number of H-pyrrole nitrogens is 1. The van der Waals surface area contributed by atoms with Gasteiger partial charge in [-0.15, -0.1) is 0 Å². The van der Waals surface area contributed by atoms with Crippen LogP contribution >= 0.6 is 46.6 Å². The molecule has 0 bridgehead atoms. The van der Waals surface area contributed by atoms with E-state index in [4.69, 9.17) is 39.5 Å². The molecule has 1 unspecified atom stereocenters. The molecule has 1 saturated heterocycles. The summed E-state index contributed by atoms with van der Waals surface area (Å²) in [6, 6.07) is 10.4. The van der Waals surface area contributed by atoms with Crippen LogP contribution in [0.3, 0.4) is 0 Å². The van der Waals surface area contributed by atoms with E-state index in [1.165, 1.54) is 24.9 Å². The number of aromatic nitrogens is 1. The normalized spacial score (nSPS) is 16.3. The number of amides is 3. The summed E-state index contributed by atoms with van der Waals surface area (Å²) in [7, 11) is 3.22. The standard InChI is InChI=1S/C28H25Cl3F2N4O4S.C4H10/c1-35-9-4-10-36(27(35)40)16-8-7-15-13-37(20(14-41-2)17(15)11-16)26(39)23-21(12-22(28(31,32)33)34-25(23)38)42-24-18(29)5-3-6-19(24)30;1-3-4-2/h3,5-8,11-12,20H,4,9-10,13-14H2,1-2H3,(H,34,38);3-4H2,1-2H3. The zero-order chi connectivity index (χ0) is 33.8. The van der Waals surface area contributed by atoms with Crippen LogP contribution in [-0.2, 0) is 16.7 Å². The van der Waals surface area contributed by atoms with Crippen LogP contribution in [0.4, 0.5) is 19.3 Å². The first-order valence-electron chi connectivity index (χ1n) is 14.7. The minimum atomic E-state index is -3.90. The fourth-order valence-electron chi connectivity index (χ4n) is 5.13. The monoisotopic (exact) mass is 714 g/mol. The first-order chi connectivity index (χ1) is 21.8. The summed E-state index contributed by atoms with van der Waals surface area (Å²) in [4.78, 5) is 47.2. The molecule has 5 rings (SSSR count). The lowest BCUT2D eigenvalue weighted by Crippen LogP contribution is -2.47. The summed E-state index contributed by atoms with van der Waals surface area (Å²) in [5, 5.41) is -3.48. The maximum atomic E-state index is 14.1. The highest BCUT2D eigenvalue weighted by Gasteiger charge is 2.39. The highest BCUT2D eigenvalue weighted by atomic mass is 35.5. The van der Waals surface area contributed by atoms with E-state index in [0.29, 0.717) is 18.8 Å². The van der Waals surface area contributed by atoms with Gasteiger partial charge >= 0.3 is 11.4 Å². The summed E-state index contributed by atoms with van der Waals surface area (Å²) in [6.07, 6.45) is 3.45. The molecule has 1 atom stereocenters. The van der Waals surface area contributed by atoms with Crippen molar-refractivity contribution in [1.29, 1.82) is 0 Å². The number of pyridine rings is 1. The molecule has 3 aromatic rings. The molecular weight excluding hydrogens is 681 g/mol. The third-order valence-corrected chi connectivity index (χ3v) is 9.93. The number of methoxy groups -OCH3 is 1. The predicted molar refractivity (Wildman–Crippen MR) is 179 cm³/mol. The molecule has 0 spiro atoms. The van der Waals surface area contributed by atoms with Crippen LogP contribution in [0, 0.1) is 0 Å². The number of hydrogen-bond donors (Lipinski definition) is 1. The van der Waals surface area contributed by atoms with Gasteiger partial charge in [0.05, 0.1) is 22.7 Å². The summed E-state index contributed by atoms with van der Waals surface area (Å²) in [5.41, 5.74) is -0.0591. The Morgan fingerprint density at radius 1 is 1.09 bits per heavy atom. The van der Waals surface area contributed by atoms with Crippen LogP contribution in [0.25, 0.3) is 0 Å². The molecule has 0 aliphatic carbocycles. The zero-order valence-corrected chi connectivity index (χ0v) is 28.9. The van der Waals surface area contributed by atoms with E-state index in [0.717, 1.165) is 35.4 Å². The van der Waals surface area contributed by atoms with Gasteiger partial charge in [0.1, 0.15) is 11.3 Å². The molecule has 8 nitrogen and oxygen atoms in total. The second kappa shape index (κ2) is 15.4. The Labute approximate surface area is 285 Å². The fraction of sp³-hybridized carbons (Fsp3) is 0.406. The van der Waals surface area contributed by atoms with Gasteiger partial charge in [-0.3, -0.25) is 14.5 Å². The van der Waals surface area contributed by atoms with Crippen LogP contribution in [0.5, 0.6) is 0 Å². The van der Waals surface area contributed by atoms with Gasteiger partial charge in [0.15, 0.2) is 0 Å². The number of rotatable bonds is 8. The highest BCUT2D eigenvalue weighted by Crippen LogP contribution is 2.43. The average Bonchev–Trinajstić information content (AvgIpc) is 3.37. The van der Waals surface area contributed by atoms with Gasteiger partial charge in [-0.1, -0.05) is 73.8 Å². The van der Waals surface area contributed by atoms with Gasteiger partial charge in [-0.2, -0.15) is 8.78 Å². The molecule has 2 aliphatic heterocycles. The molecule has 3 heterocycles. The van der Waals surface area contributed by atoms with Crippen molar-refractivity contribution >= 4 is 64.2 Å². The number of ether oxygens (including phenoxy) is 1. The van der Waals surface area contributed by atoms with Crippen molar-refractivity contribution < 1.29 is 23.1 Å². The maximum absolute atomic E-state index is 14.1. The van der Waals surface area contributed by atoms with Gasteiger partial charge in [0.25, 0.3) is 11.5 Å². The lowest BCUT2D eigenvalue weighted by atomic mass is 10.0. The Morgan fingerprint density at radius 3 is 2.37 bits per heavy atom. The van der Waals surface area contributed by atoms with Crippen molar-refractivity contribution in [2.75, 3.05) is 38.8 Å². The molecule has 2 aromatic carbocycles. The molecule has 14 heteroatoms. The quantitative estimate of drug-likeness (QED) is 0.237. The second-order valence-electron chi connectivity index (χ2n) is 10.9. The molecule has 0 saturated carbocycles. The van der Waals surface area contributed by atoms with E-state index in [2.05, 4.69) is 18.8 Å². The maximum Gasteiger partial charge on any atom is 0.362 e. The molecular formula is C32H35Cl3F2N4O4S. The number of unbranched alkanes of at least 4 members (excludes halogenated alkanes) is 1. The predicted octanol–water partition coefficient (Wildman–Crippen LogP) is 8.53. The number of urea groups is 1. The van der Waals surface area contributed by atoms with Crippen molar-refractivity contribution in [1.82, 2.24) is 14.8 Å². The molecule has 2 aliphatic rings. The van der Waals surface area contributed by atoms with Crippen LogP contribution in [-0.4, -0.2) is 60.6 Å². The number of carbonyl (C=O) groups is 2. The smallest absolute Gasteiger partial charge is 0.362 e. The molecule has 46 heavy (non-hydrogen) atoms. The van der Waals surface area contributed by atoms with Crippen LogP contribution in [0.1, 0.15) is 66.3 Å². The van der Waals surface area contributed by atoms with Crippen molar-refractivity contribution in [3.63, 3.8) is 0 Å². The molecule has 1 N–H and O–H groups in total. The number of nitrogens with one attached hydrogen (secondary N) is 1. The largest absolute Gasteiger partial charge is 0.382 e. The number of alkyl halides is 3. The first kappa shape index (κ1) is 36.0. The van der Waals surface area contributed by atoms with E-state index in [9.17, 15) is 23.2 Å². The van der Waals surface area contributed by atoms with Crippen LogP contribution in [0.15, 0.2) is 57.1 Å². The Morgan fingerprint density at radius 2 is 1.76 bits per heavy atom. The average molecular weight is 716 g/mol. The van der Waals surface area contributed by atoms with Gasteiger partial charge in [-0.25, -0.2) is 4.79 Å². The number of halogens is 5. The third kappa shape index (κ3) is 7.82. The van der Waals surface area contributed by atoms with Crippen molar-refractivity contribution in [2.45, 2.75) is 60.9 Å². The van der Waals surface area contributed by atoms with E-state index in [-0.39, 0.29) is 44.6 Å². The van der Waals surface area contributed by atoms with Gasteiger partial charge in [0, 0.05) is 49.3 Å². The van der Waals surface area contributed by atoms with E-state index in [1.54, 1.807) is 35.0 Å². The number of fused-ring (bicyclic) bond motifs is 1. The van der Waals surface area contributed by atoms with Gasteiger partial charge < -0.3 is 19.5 Å². The lowest BCUT2D eigenvalue weighted by molar-refractivity contribution is 0.0553. The molecule has 1 fully saturated rings. The van der Waals surface area contributed by atoms with Crippen molar-refractivity contribution in [3.05, 3.63) is 85.2 Å². The summed E-state index contributed by atoms with van der Waals surface area (Å²) >= 11 is 18.7.